The first-order valence-corrected chi connectivity index (χ1v) is 11.0. The van der Waals surface area contributed by atoms with Crippen LogP contribution in [0.15, 0.2) is 42.5 Å². The molecule has 31 heavy (non-hydrogen) atoms. The summed E-state index contributed by atoms with van der Waals surface area (Å²) in [7, 11) is 4.29. The molecule has 2 heterocycles. The highest BCUT2D eigenvalue weighted by Gasteiger charge is 2.26. The van der Waals surface area contributed by atoms with E-state index < -0.39 is 0 Å². The van der Waals surface area contributed by atoms with Gasteiger partial charge in [-0.2, -0.15) is 0 Å². The number of nitrogens with one attached hydrogen (secondary N) is 2. The van der Waals surface area contributed by atoms with Crippen LogP contribution < -0.4 is 15.5 Å². The van der Waals surface area contributed by atoms with Gasteiger partial charge in [0.2, 0.25) is 0 Å². The number of nitrogens with zero attached hydrogens (tertiary/aromatic N) is 3. The zero-order chi connectivity index (χ0) is 21.8. The van der Waals surface area contributed by atoms with Gasteiger partial charge >= 0.3 is 6.03 Å². The van der Waals surface area contributed by atoms with E-state index in [4.69, 9.17) is 0 Å². The Morgan fingerprint density at radius 2 is 1.74 bits per heavy atom. The second-order valence-corrected chi connectivity index (χ2v) is 8.60. The molecule has 2 aromatic rings. The fourth-order valence-corrected chi connectivity index (χ4v) is 4.42. The van der Waals surface area contributed by atoms with Crippen LogP contribution in [-0.2, 0) is 13.0 Å². The minimum atomic E-state index is -0.274. The summed E-state index contributed by atoms with van der Waals surface area (Å²) in [5.41, 5.74) is 4.83. The minimum absolute atomic E-state index is 0.140. The molecule has 0 bridgehead atoms. The van der Waals surface area contributed by atoms with Crippen LogP contribution in [0, 0.1) is 5.82 Å². The number of hydrogen-bond donors (Lipinski definition) is 2. The average Bonchev–Trinajstić information content (AvgIpc) is 3.15. The Morgan fingerprint density at radius 1 is 1.00 bits per heavy atom. The maximum atomic E-state index is 13.1. The summed E-state index contributed by atoms with van der Waals surface area (Å²) in [5.74, 6) is -0.274. The summed E-state index contributed by atoms with van der Waals surface area (Å²) >= 11 is 0. The third kappa shape index (κ3) is 5.35. The Kier molecular flexibility index (Phi) is 6.73. The predicted octanol–water partition coefficient (Wildman–Crippen LogP) is 2.61. The molecule has 166 valence electrons. The fourth-order valence-electron chi connectivity index (χ4n) is 4.42. The first-order valence-electron chi connectivity index (χ1n) is 11.0. The topological polar surface area (TPSA) is 50.9 Å². The molecule has 0 spiro atoms. The van der Waals surface area contributed by atoms with Crippen molar-refractivity contribution in [1.82, 2.24) is 20.4 Å². The zero-order valence-electron chi connectivity index (χ0n) is 18.4. The Hall–Kier alpha value is -2.64. The van der Waals surface area contributed by atoms with Crippen molar-refractivity contribution in [2.75, 3.05) is 58.3 Å². The molecule has 1 atom stereocenters. The smallest absolute Gasteiger partial charge is 0.315 e. The number of carbonyl (C=O) groups is 1. The van der Waals surface area contributed by atoms with Crippen LogP contribution in [0.4, 0.5) is 14.9 Å². The lowest BCUT2D eigenvalue weighted by atomic mass is 10.00. The molecule has 4 rings (SSSR count). The largest absolute Gasteiger partial charge is 0.374 e. The Bertz CT molecular complexity index is 895. The van der Waals surface area contributed by atoms with Crippen molar-refractivity contribution < 1.29 is 9.18 Å². The SMILES string of the molecule is CN1CCN(C(CNC(=O)NCc2ccc(F)cc2)c2ccc3c(c2)CCN3C)CC1. The number of fused-ring (bicyclic) bond motifs is 1. The van der Waals surface area contributed by atoms with Gasteiger partial charge in [0, 0.05) is 58.5 Å². The van der Waals surface area contributed by atoms with Gasteiger partial charge in [-0.1, -0.05) is 24.3 Å². The molecule has 2 aromatic carbocycles. The lowest BCUT2D eigenvalue weighted by Crippen LogP contribution is -2.49. The number of hydrogen-bond acceptors (Lipinski definition) is 4. The molecular formula is C24H32FN5O. The van der Waals surface area contributed by atoms with Gasteiger partial charge in [0.05, 0.1) is 6.04 Å². The highest BCUT2D eigenvalue weighted by atomic mass is 19.1. The van der Waals surface area contributed by atoms with Gasteiger partial charge < -0.3 is 20.4 Å². The maximum absolute atomic E-state index is 13.1. The zero-order valence-corrected chi connectivity index (χ0v) is 18.4. The Balaban J connectivity index is 1.41. The van der Waals surface area contributed by atoms with Crippen LogP contribution in [-0.4, -0.2) is 69.2 Å². The van der Waals surface area contributed by atoms with Crippen LogP contribution in [0.3, 0.4) is 0 Å². The molecule has 0 aromatic heterocycles. The van der Waals surface area contributed by atoms with Crippen LogP contribution in [0.2, 0.25) is 0 Å². The number of carbonyl (C=O) groups excluding carboxylic acids is 1. The van der Waals surface area contributed by atoms with E-state index in [1.165, 1.54) is 28.9 Å². The van der Waals surface area contributed by atoms with Crippen molar-refractivity contribution in [1.29, 1.82) is 0 Å². The van der Waals surface area contributed by atoms with E-state index in [0.717, 1.165) is 44.7 Å². The lowest BCUT2D eigenvalue weighted by Gasteiger charge is -2.38. The van der Waals surface area contributed by atoms with E-state index in [9.17, 15) is 9.18 Å². The second-order valence-electron chi connectivity index (χ2n) is 8.60. The number of likely N-dealkylation sites (N-methyl/N-ethyl adjacent to an activating group) is 2. The summed E-state index contributed by atoms with van der Waals surface area (Å²) in [6.45, 7) is 6.00. The van der Waals surface area contributed by atoms with Gasteiger partial charge in [0.25, 0.3) is 0 Å². The predicted molar refractivity (Wildman–Crippen MR) is 122 cm³/mol. The van der Waals surface area contributed by atoms with Crippen molar-refractivity contribution in [3.05, 3.63) is 65.0 Å². The molecule has 1 fully saturated rings. The molecule has 0 aliphatic carbocycles. The molecule has 1 unspecified atom stereocenters. The lowest BCUT2D eigenvalue weighted by molar-refractivity contribution is 0.111. The summed E-state index contributed by atoms with van der Waals surface area (Å²) in [4.78, 5) is 19.6. The minimum Gasteiger partial charge on any atom is -0.374 e. The van der Waals surface area contributed by atoms with E-state index in [0.29, 0.717) is 13.1 Å². The van der Waals surface area contributed by atoms with Gasteiger partial charge in [0.15, 0.2) is 0 Å². The van der Waals surface area contributed by atoms with Crippen molar-refractivity contribution in [2.45, 2.75) is 19.0 Å². The van der Waals surface area contributed by atoms with Crippen LogP contribution >= 0.6 is 0 Å². The number of anilines is 1. The molecule has 0 saturated carbocycles. The molecule has 1 saturated heterocycles. The number of amides is 2. The van der Waals surface area contributed by atoms with Gasteiger partial charge in [-0.3, -0.25) is 4.90 Å². The Morgan fingerprint density at radius 3 is 2.48 bits per heavy atom. The Labute approximate surface area is 184 Å². The van der Waals surface area contributed by atoms with Gasteiger partial charge in [0.1, 0.15) is 5.82 Å². The third-order valence-electron chi connectivity index (χ3n) is 6.42. The molecular weight excluding hydrogens is 393 g/mol. The quantitative estimate of drug-likeness (QED) is 0.747. The summed E-state index contributed by atoms with van der Waals surface area (Å²) < 4.78 is 13.1. The highest BCUT2D eigenvalue weighted by Crippen LogP contribution is 2.31. The van der Waals surface area contributed by atoms with E-state index >= 15 is 0 Å². The normalized spacial score (nSPS) is 18.0. The molecule has 6 nitrogen and oxygen atoms in total. The summed E-state index contributed by atoms with van der Waals surface area (Å²) in [6.07, 6.45) is 1.07. The summed E-state index contributed by atoms with van der Waals surface area (Å²) in [6, 6.07) is 12.9. The van der Waals surface area contributed by atoms with Crippen molar-refractivity contribution >= 4 is 11.7 Å². The number of urea groups is 1. The van der Waals surface area contributed by atoms with E-state index in [1.807, 2.05) is 0 Å². The first-order chi connectivity index (χ1) is 15.0. The van der Waals surface area contributed by atoms with Crippen LogP contribution in [0.25, 0.3) is 0 Å². The van der Waals surface area contributed by atoms with E-state index in [1.54, 1.807) is 12.1 Å². The van der Waals surface area contributed by atoms with Gasteiger partial charge in [-0.15, -0.1) is 0 Å². The molecule has 2 N–H and O–H groups in total. The summed E-state index contributed by atoms with van der Waals surface area (Å²) in [5, 5.41) is 5.93. The molecule has 2 amide bonds. The highest BCUT2D eigenvalue weighted by molar-refractivity contribution is 5.73. The van der Waals surface area contributed by atoms with Gasteiger partial charge in [-0.05, 0) is 48.4 Å². The standard InChI is InChI=1S/C24H32FN5O/c1-28-11-13-30(14-12-28)23(19-5-8-22-20(15-19)9-10-29(22)2)17-27-24(31)26-16-18-3-6-21(25)7-4-18/h3-8,15,23H,9-14,16-17H2,1-2H3,(H2,26,27,31). The van der Waals surface area contributed by atoms with Crippen molar-refractivity contribution in [2.24, 2.45) is 0 Å². The second kappa shape index (κ2) is 9.66. The third-order valence-corrected chi connectivity index (χ3v) is 6.42. The molecule has 7 heteroatoms. The number of piperazine rings is 1. The monoisotopic (exact) mass is 425 g/mol. The van der Waals surface area contributed by atoms with Crippen LogP contribution in [0.1, 0.15) is 22.7 Å². The molecule has 2 aliphatic heterocycles. The first kappa shape index (κ1) is 21.6. The van der Waals surface area contributed by atoms with Crippen LogP contribution in [0.5, 0.6) is 0 Å². The fraction of sp³-hybridized carbons (Fsp3) is 0.458. The number of halogens is 1. The van der Waals surface area contributed by atoms with E-state index in [-0.39, 0.29) is 17.9 Å². The van der Waals surface area contributed by atoms with Crippen molar-refractivity contribution in [3.8, 4) is 0 Å². The number of rotatable bonds is 6. The maximum Gasteiger partial charge on any atom is 0.315 e. The number of benzene rings is 2. The van der Waals surface area contributed by atoms with Crippen molar-refractivity contribution in [3.63, 3.8) is 0 Å². The molecule has 0 radical (unpaired) electrons. The van der Waals surface area contributed by atoms with Gasteiger partial charge in [-0.25, -0.2) is 9.18 Å². The molecule has 2 aliphatic rings. The van der Waals surface area contributed by atoms with E-state index in [2.05, 4.69) is 57.6 Å². The average molecular weight is 426 g/mol.